The maximum atomic E-state index is 4.92. The normalized spacial score (nSPS) is 15.5. The van der Waals surface area contributed by atoms with Crippen molar-refractivity contribution in [2.75, 3.05) is 11.4 Å². The third kappa shape index (κ3) is 3.69. The number of anilines is 1. The van der Waals surface area contributed by atoms with Crippen LogP contribution in [0.25, 0.3) is 0 Å². The largest absolute Gasteiger partial charge is 0.345 e. The average molecular weight is 281 g/mol. The third-order valence-electron chi connectivity index (χ3n) is 3.51. The molecule has 1 heterocycles. The lowest BCUT2D eigenvalue weighted by Gasteiger charge is -2.18. The van der Waals surface area contributed by atoms with Crippen molar-refractivity contribution in [2.45, 2.75) is 72.0 Å². The van der Waals surface area contributed by atoms with E-state index in [9.17, 15) is 0 Å². The summed E-state index contributed by atoms with van der Waals surface area (Å²) in [5.41, 5.74) is 1.28. The fraction of sp³-hybridized carbons (Fsp3) is 0.800. The quantitative estimate of drug-likeness (QED) is 0.825. The maximum Gasteiger partial charge on any atom is 0.186 e. The highest BCUT2D eigenvalue weighted by Crippen LogP contribution is 2.36. The first-order chi connectivity index (χ1) is 9.02. The second-order valence-corrected chi connectivity index (χ2v) is 7.07. The van der Waals surface area contributed by atoms with Crippen LogP contribution in [0.3, 0.4) is 0 Å². The highest BCUT2D eigenvalue weighted by Gasteiger charge is 2.30. The Labute approximate surface area is 121 Å². The number of hydrogen-bond donors (Lipinski definition) is 1. The summed E-state index contributed by atoms with van der Waals surface area (Å²) in [5.74, 6) is 0.506. The highest BCUT2D eigenvalue weighted by molar-refractivity contribution is 7.15. The molecule has 4 heteroatoms. The molecule has 108 valence electrons. The molecular formula is C15H27N3S. The molecule has 1 N–H and O–H groups in total. The Morgan fingerprint density at radius 1 is 1.32 bits per heavy atom. The first-order valence-corrected chi connectivity index (χ1v) is 8.34. The van der Waals surface area contributed by atoms with Crippen molar-refractivity contribution in [3.8, 4) is 0 Å². The Balaban J connectivity index is 2.18. The van der Waals surface area contributed by atoms with Gasteiger partial charge < -0.3 is 10.2 Å². The van der Waals surface area contributed by atoms with Gasteiger partial charge in [0.2, 0.25) is 0 Å². The molecule has 19 heavy (non-hydrogen) atoms. The first-order valence-electron chi connectivity index (χ1n) is 7.52. The van der Waals surface area contributed by atoms with E-state index < -0.39 is 0 Å². The van der Waals surface area contributed by atoms with Crippen LogP contribution in [0.1, 0.15) is 63.9 Å². The number of rotatable bonds is 7. The van der Waals surface area contributed by atoms with Gasteiger partial charge in [0.25, 0.3) is 0 Å². The summed E-state index contributed by atoms with van der Waals surface area (Å²) in [4.78, 5) is 8.82. The summed E-state index contributed by atoms with van der Waals surface area (Å²) in [7, 11) is 0. The van der Waals surface area contributed by atoms with Gasteiger partial charge in [0, 0.05) is 30.1 Å². The molecule has 0 atom stereocenters. The summed E-state index contributed by atoms with van der Waals surface area (Å²) in [6, 6.07) is 1.28. The number of nitrogens with zero attached hydrogens (tertiary/aromatic N) is 2. The lowest BCUT2D eigenvalue weighted by Crippen LogP contribution is -2.24. The number of aromatic nitrogens is 1. The summed E-state index contributed by atoms with van der Waals surface area (Å²) >= 11 is 1.88. The maximum absolute atomic E-state index is 4.92. The minimum atomic E-state index is 0.506. The Hall–Kier alpha value is -0.610. The molecule has 0 aromatic carbocycles. The molecule has 1 aromatic rings. The minimum absolute atomic E-state index is 0.506. The Morgan fingerprint density at radius 2 is 2.00 bits per heavy atom. The molecule has 2 rings (SSSR count). The van der Waals surface area contributed by atoms with Crippen molar-refractivity contribution in [3.63, 3.8) is 0 Å². The van der Waals surface area contributed by atoms with Crippen LogP contribution in [0.15, 0.2) is 0 Å². The van der Waals surface area contributed by atoms with E-state index in [4.69, 9.17) is 4.98 Å². The minimum Gasteiger partial charge on any atom is -0.345 e. The van der Waals surface area contributed by atoms with E-state index in [-0.39, 0.29) is 0 Å². The van der Waals surface area contributed by atoms with E-state index in [0.29, 0.717) is 12.0 Å². The highest BCUT2D eigenvalue weighted by atomic mass is 32.1. The topological polar surface area (TPSA) is 28.2 Å². The van der Waals surface area contributed by atoms with Crippen LogP contribution in [0.2, 0.25) is 0 Å². The monoisotopic (exact) mass is 281 g/mol. The molecule has 0 radical (unpaired) electrons. The predicted octanol–water partition coefficient (Wildman–Crippen LogP) is 3.75. The van der Waals surface area contributed by atoms with Crippen LogP contribution in [-0.4, -0.2) is 23.6 Å². The number of hydrogen-bond acceptors (Lipinski definition) is 4. The van der Waals surface area contributed by atoms with E-state index >= 15 is 0 Å². The van der Waals surface area contributed by atoms with Gasteiger partial charge in [-0.15, -0.1) is 11.3 Å². The van der Waals surface area contributed by atoms with Crippen LogP contribution >= 0.6 is 11.3 Å². The molecule has 1 saturated carbocycles. The van der Waals surface area contributed by atoms with Gasteiger partial charge in [-0.3, -0.25) is 0 Å². The summed E-state index contributed by atoms with van der Waals surface area (Å²) in [6.45, 7) is 13.1. The van der Waals surface area contributed by atoms with Gasteiger partial charge >= 0.3 is 0 Å². The summed E-state index contributed by atoms with van der Waals surface area (Å²) < 4.78 is 0. The van der Waals surface area contributed by atoms with Crippen LogP contribution in [0, 0.1) is 0 Å². The van der Waals surface area contributed by atoms with Gasteiger partial charge in [-0.2, -0.15) is 0 Å². The Bertz CT molecular complexity index is 408. The van der Waals surface area contributed by atoms with Crippen LogP contribution < -0.4 is 10.2 Å². The zero-order chi connectivity index (χ0) is 14.0. The van der Waals surface area contributed by atoms with Crippen LogP contribution in [0.5, 0.6) is 0 Å². The van der Waals surface area contributed by atoms with E-state index in [0.717, 1.165) is 19.1 Å². The smallest absolute Gasteiger partial charge is 0.186 e. The van der Waals surface area contributed by atoms with Gasteiger partial charge in [-0.25, -0.2) is 4.98 Å². The van der Waals surface area contributed by atoms with E-state index in [1.807, 2.05) is 11.3 Å². The van der Waals surface area contributed by atoms with Crippen molar-refractivity contribution >= 4 is 16.5 Å². The van der Waals surface area contributed by atoms with Crippen LogP contribution in [-0.2, 0) is 6.54 Å². The Kier molecular flexibility index (Phi) is 4.85. The van der Waals surface area contributed by atoms with Gasteiger partial charge in [0.1, 0.15) is 0 Å². The van der Waals surface area contributed by atoms with Gasteiger partial charge in [0.15, 0.2) is 5.13 Å². The van der Waals surface area contributed by atoms with Crippen LogP contribution in [0.4, 0.5) is 5.13 Å². The fourth-order valence-corrected chi connectivity index (χ4v) is 3.59. The molecule has 1 aliphatic rings. The van der Waals surface area contributed by atoms with Gasteiger partial charge in [-0.1, -0.05) is 27.7 Å². The van der Waals surface area contributed by atoms with Crippen molar-refractivity contribution < 1.29 is 0 Å². The number of nitrogens with one attached hydrogen (secondary N) is 1. The summed E-state index contributed by atoms with van der Waals surface area (Å²) in [5, 5.41) is 4.75. The van der Waals surface area contributed by atoms with Crippen molar-refractivity contribution in [1.29, 1.82) is 0 Å². The van der Waals surface area contributed by atoms with Crippen molar-refractivity contribution in [2.24, 2.45) is 0 Å². The van der Waals surface area contributed by atoms with Crippen molar-refractivity contribution in [1.82, 2.24) is 10.3 Å². The molecule has 0 saturated heterocycles. The molecule has 0 unspecified atom stereocenters. The molecule has 0 aliphatic heterocycles. The molecule has 0 bridgehead atoms. The molecule has 1 aromatic heterocycles. The molecular weight excluding hydrogens is 254 g/mol. The second kappa shape index (κ2) is 6.23. The molecule has 0 spiro atoms. The fourth-order valence-electron chi connectivity index (χ4n) is 2.28. The van der Waals surface area contributed by atoms with Gasteiger partial charge in [0.05, 0.1) is 5.69 Å². The SMILES string of the molecule is CCN(c1nc(C(C)C)c(CNC(C)C)s1)C1CC1. The molecule has 1 aliphatic carbocycles. The molecule has 1 fully saturated rings. The summed E-state index contributed by atoms with van der Waals surface area (Å²) in [6.07, 6.45) is 2.67. The second-order valence-electron chi connectivity index (χ2n) is 6.01. The first kappa shape index (κ1) is 14.8. The van der Waals surface area contributed by atoms with E-state index in [1.165, 1.54) is 28.5 Å². The predicted molar refractivity (Wildman–Crippen MR) is 84.2 cm³/mol. The third-order valence-corrected chi connectivity index (χ3v) is 4.62. The Morgan fingerprint density at radius 3 is 2.47 bits per heavy atom. The lowest BCUT2D eigenvalue weighted by atomic mass is 10.1. The van der Waals surface area contributed by atoms with Crippen molar-refractivity contribution in [3.05, 3.63) is 10.6 Å². The van der Waals surface area contributed by atoms with Gasteiger partial charge in [-0.05, 0) is 25.7 Å². The lowest BCUT2D eigenvalue weighted by molar-refractivity contribution is 0.588. The average Bonchev–Trinajstić information content (AvgIpc) is 3.07. The van der Waals surface area contributed by atoms with E-state index in [2.05, 4.69) is 44.8 Å². The van der Waals surface area contributed by atoms with E-state index in [1.54, 1.807) is 0 Å². The molecule has 0 amide bonds. The zero-order valence-corrected chi connectivity index (χ0v) is 13.7. The number of thiazole rings is 1. The standard InChI is InChI=1S/C15H27N3S/c1-6-18(12-7-8-12)15-17-14(10(2)3)13(19-15)9-16-11(4)5/h10-12,16H,6-9H2,1-5H3. The zero-order valence-electron chi connectivity index (χ0n) is 12.9. The molecule has 3 nitrogen and oxygen atoms in total.